The molecule has 0 fully saturated rings. The highest BCUT2D eigenvalue weighted by Crippen LogP contribution is 2.14. The van der Waals surface area contributed by atoms with Crippen molar-refractivity contribution >= 4 is 17.3 Å². The maximum absolute atomic E-state index is 8.57. The van der Waals surface area contributed by atoms with Gasteiger partial charge in [0.15, 0.2) is 0 Å². The third-order valence-electron chi connectivity index (χ3n) is 2.05. The lowest BCUT2D eigenvalue weighted by atomic mass is 10.2. The van der Waals surface area contributed by atoms with Crippen LogP contribution in [-0.4, -0.2) is 19.0 Å². The van der Waals surface area contributed by atoms with E-state index in [9.17, 15) is 0 Å². The van der Waals surface area contributed by atoms with E-state index < -0.39 is 5.38 Å². The van der Waals surface area contributed by atoms with Crippen molar-refractivity contribution in [2.75, 3.05) is 18.5 Å². The van der Waals surface area contributed by atoms with Crippen molar-refractivity contribution in [3.63, 3.8) is 0 Å². The van der Waals surface area contributed by atoms with Crippen LogP contribution in [0.2, 0.25) is 0 Å². The zero-order chi connectivity index (χ0) is 10.6. The Bertz CT molecular complexity index is 326. The van der Waals surface area contributed by atoms with Gasteiger partial charge in [0.05, 0.1) is 6.07 Å². The van der Waals surface area contributed by atoms with E-state index in [1.807, 2.05) is 49.2 Å². The lowest BCUT2D eigenvalue weighted by Crippen LogP contribution is -2.24. The van der Waals surface area contributed by atoms with Gasteiger partial charge >= 0.3 is 0 Å². The Hall–Kier alpha value is -1.20. The topological polar surface area (TPSA) is 27.0 Å². The first-order chi connectivity index (χ1) is 6.63. The summed E-state index contributed by atoms with van der Waals surface area (Å²) in [7, 11) is 1.93. The van der Waals surface area contributed by atoms with Gasteiger partial charge in [-0.05, 0) is 19.1 Å². The van der Waals surface area contributed by atoms with E-state index in [2.05, 4.69) is 0 Å². The number of rotatable bonds is 3. The Labute approximate surface area is 89.7 Å². The van der Waals surface area contributed by atoms with Gasteiger partial charge in [0.25, 0.3) is 0 Å². The number of hydrogen-bond acceptors (Lipinski definition) is 2. The first kappa shape index (κ1) is 10.9. The molecule has 0 heterocycles. The molecule has 0 bridgehead atoms. The van der Waals surface area contributed by atoms with E-state index in [0.717, 1.165) is 5.69 Å². The number of alkyl halides is 1. The van der Waals surface area contributed by atoms with Gasteiger partial charge in [-0.3, -0.25) is 0 Å². The Morgan fingerprint density at radius 3 is 2.50 bits per heavy atom. The van der Waals surface area contributed by atoms with Crippen LogP contribution in [0.3, 0.4) is 0 Å². The van der Waals surface area contributed by atoms with Gasteiger partial charge in [-0.25, -0.2) is 0 Å². The second kappa shape index (κ2) is 4.88. The molecule has 0 aliphatic heterocycles. The predicted molar refractivity (Wildman–Crippen MR) is 59.7 cm³/mol. The highest BCUT2D eigenvalue weighted by atomic mass is 35.5. The Balaban J connectivity index is 2.66. The number of nitrogens with zero attached hydrogens (tertiary/aromatic N) is 2. The lowest BCUT2D eigenvalue weighted by Gasteiger charge is -2.19. The number of aryl methyl sites for hydroxylation is 1. The summed E-state index contributed by atoms with van der Waals surface area (Å²) in [5.41, 5.74) is 2.31. The minimum Gasteiger partial charge on any atom is -0.372 e. The zero-order valence-electron chi connectivity index (χ0n) is 8.37. The molecule has 1 aromatic carbocycles. The Morgan fingerprint density at radius 2 is 2.00 bits per heavy atom. The summed E-state index contributed by atoms with van der Waals surface area (Å²) in [5, 5.41) is 8.11. The van der Waals surface area contributed by atoms with Crippen molar-refractivity contribution in [3.8, 4) is 6.07 Å². The van der Waals surface area contributed by atoms with Crippen LogP contribution in [0, 0.1) is 18.3 Å². The third-order valence-corrected chi connectivity index (χ3v) is 2.28. The molecule has 1 rings (SSSR count). The normalized spacial score (nSPS) is 11.9. The van der Waals surface area contributed by atoms with Crippen molar-refractivity contribution in [1.29, 1.82) is 5.26 Å². The highest BCUT2D eigenvalue weighted by molar-refractivity contribution is 6.22. The quantitative estimate of drug-likeness (QED) is 0.714. The van der Waals surface area contributed by atoms with E-state index in [-0.39, 0.29) is 0 Å². The van der Waals surface area contributed by atoms with E-state index >= 15 is 0 Å². The maximum atomic E-state index is 8.57. The predicted octanol–water partition coefficient (Wildman–Crippen LogP) is 2.56. The molecule has 0 N–H and O–H groups in total. The number of hydrogen-bond donors (Lipinski definition) is 0. The summed E-state index contributed by atoms with van der Waals surface area (Å²) in [4.78, 5) is 1.97. The summed E-state index contributed by atoms with van der Waals surface area (Å²) in [5.74, 6) is 0. The van der Waals surface area contributed by atoms with Crippen molar-refractivity contribution in [3.05, 3.63) is 29.8 Å². The maximum Gasteiger partial charge on any atom is 0.137 e. The summed E-state index contributed by atoms with van der Waals surface area (Å²) in [6.45, 7) is 2.59. The van der Waals surface area contributed by atoms with Gasteiger partial charge < -0.3 is 4.90 Å². The van der Waals surface area contributed by atoms with Crippen LogP contribution in [0.15, 0.2) is 24.3 Å². The first-order valence-corrected chi connectivity index (χ1v) is 4.88. The summed E-state index contributed by atoms with van der Waals surface area (Å²) in [6, 6.07) is 10.1. The molecule has 0 aromatic heterocycles. The highest BCUT2D eigenvalue weighted by Gasteiger charge is 2.07. The number of benzene rings is 1. The fourth-order valence-electron chi connectivity index (χ4n) is 1.19. The first-order valence-electron chi connectivity index (χ1n) is 4.45. The van der Waals surface area contributed by atoms with Crippen LogP contribution >= 0.6 is 11.6 Å². The summed E-state index contributed by atoms with van der Waals surface area (Å²) >= 11 is 5.74. The molecule has 14 heavy (non-hydrogen) atoms. The minimum atomic E-state index is -0.457. The van der Waals surface area contributed by atoms with Crippen LogP contribution in [0.4, 0.5) is 5.69 Å². The van der Waals surface area contributed by atoms with Crippen LogP contribution < -0.4 is 4.90 Å². The summed E-state index contributed by atoms with van der Waals surface area (Å²) in [6.07, 6.45) is 0. The van der Waals surface area contributed by atoms with Crippen molar-refractivity contribution in [2.45, 2.75) is 12.3 Å². The molecule has 0 saturated heterocycles. The van der Waals surface area contributed by atoms with Crippen molar-refractivity contribution in [2.24, 2.45) is 0 Å². The average molecular weight is 209 g/mol. The van der Waals surface area contributed by atoms with E-state index in [1.54, 1.807) is 0 Å². The average Bonchev–Trinajstić information content (AvgIpc) is 2.18. The largest absolute Gasteiger partial charge is 0.372 e. The molecule has 0 radical (unpaired) electrons. The van der Waals surface area contributed by atoms with Crippen molar-refractivity contribution < 1.29 is 0 Å². The molecular formula is C11H13ClN2. The fraction of sp³-hybridized carbons (Fsp3) is 0.364. The van der Waals surface area contributed by atoms with Crippen LogP contribution in [0.5, 0.6) is 0 Å². The van der Waals surface area contributed by atoms with Gasteiger partial charge in [0, 0.05) is 19.3 Å². The third kappa shape index (κ3) is 2.93. The molecule has 74 valence electrons. The molecular weight excluding hydrogens is 196 g/mol. The molecule has 0 saturated carbocycles. The standard InChI is InChI=1S/C11H13ClN2/c1-9-3-5-11(6-4-9)14(2)8-10(12)7-13/h3-6,10H,8H2,1-2H3. The molecule has 0 amide bonds. The monoisotopic (exact) mass is 208 g/mol. The van der Waals surface area contributed by atoms with Gasteiger partial charge in [-0.2, -0.15) is 5.26 Å². The fourth-order valence-corrected chi connectivity index (χ4v) is 1.39. The van der Waals surface area contributed by atoms with Crippen LogP contribution in [-0.2, 0) is 0 Å². The minimum absolute atomic E-state index is 0.457. The van der Waals surface area contributed by atoms with Gasteiger partial charge in [0.1, 0.15) is 5.38 Å². The van der Waals surface area contributed by atoms with E-state index in [0.29, 0.717) is 6.54 Å². The molecule has 0 aliphatic rings. The van der Waals surface area contributed by atoms with E-state index in [4.69, 9.17) is 16.9 Å². The molecule has 0 aliphatic carbocycles. The summed E-state index contributed by atoms with van der Waals surface area (Å²) < 4.78 is 0. The molecule has 2 nitrogen and oxygen atoms in total. The van der Waals surface area contributed by atoms with Crippen LogP contribution in [0.25, 0.3) is 0 Å². The Morgan fingerprint density at radius 1 is 1.43 bits per heavy atom. The van der Waals surface area contributed by atoms with Gasteiger partial charge in [-0.1, -0.05) is 17.7 Å². The number of halogens is 1. The van der Waals surface area contributed by atoms with Crippen molar-refractivity contribution in [1.82, 2.24) is 0 Å². The molecule has 1 aromatic rings. The van der Waals surface area contributed by atoms with Crippen LogP contribution in [0.1, 0.15) is 5.56 Å². The van der Waals surface area contributed by atoms with Gasteiger partial charge in [-0.15, -0.1) is 11.6 Å². The lowest BCUT2D eigenvalue weighted by molar-refractivity contribution is 0.910. The number of anilines is 1. The number of nitriles is 1. The van der Waals surface area contributed by atoms with Gasteiger partial charge in [0.2, 0.25) is 0 Å². The molecule has 0 spiro atoms. The van der Waals surface area contributed by atoms with E-state index in [1.165, 1.54) is 5.56 Å². The molecule has 3 heteroatoms. The zero-order valence-corrected chi connectivity index (χ0v) is 9.12. The SMILES string of the molecule is Cc1ccc(N(C)CC(Cl)C#N)cc1. The smallest absolute Gasteiger partial charge is 0.137 e. The second-order valence-corrected chi connectivity index (χ2v) is 3.84. The Kier molecular flexibility index (Phi) is 3.79. The molecule has 1 unspecified atom stereocenters. The molecule has 1 atom stereocenters. The second-order valence-electron chi connectivity index (χ2n) is 3.31.